The number of aromatic nitrogens is 3. The first-order valence-electron chi connectivity index (χ1n) is 8.65. The second-order valence-electron chi connectivity index (χ2n) is 7.55. The van der Waals surface area contributed by atoms with Crippen LogP contribution in [0.4, 0.5) is 0 Å². The van der Waals surface area contributed by atoms with Crippen LogP contribution in [0.1, 0.15) is 66.6 Å². The van der Waals surface area contributed by atoms with E-state index in [1.165, 1.54) is 11.6 Å². The van der Waals surface area contributed by atoms with Gasteiger partial charge in [0.1, 0.15) is 0 Å². The van der Waals surface area contributed by atoms with Gasteiger partial charge in [0.2, 0.25) is 5.78 Å². The number of hydrogen-bond donors (Lipinski definition) is 2. The van der Waals surface area contributed by atoms with Gasteiger partial charge in [-0.2, -0.15) is 5.10 Å². The Labute approximate surface area is 152 Å². The zero-order chi connectivity index (χ0) is 18.9. The molecule has 1 atom stereocenters. The highest BCUT2D eigenvalue weighted by Gasteiger charge is 2.18. The van der Waals surface area contributed by atoms with E-state index in [2.05, 4.69) is 36.0 Å². The molecule has 0 saturated heterocycles. The van der Waals surface area contributed by atoms with Gasteiger partial charge >= 0.3 is 0 Å². The normalized spacial score (nSPS) is 12.8. The van der Waals surface area contributed by atoms with Crippen molar-refractivity contribution in [3.63, 3.8) is 0 Å². The van der Waals surface area contributed by atoms with Gasteiger partial charge < -0.3 is 4.98 Å². The summed E-state index contributed by atoms with van der Waals surface area (Å²) >= 11 is 0. The van der Waals surface area contributed by atoms with Crippen molar-refractivity contribution in [1.29, 1.82) is 0 Å². The van der Waals surface area contributed by atoms with Gasteiger partial charge in [0, 0.05) is 23.2 Å². The number of H-pyrrole nitrogens is 2. The molecule has 2 heterocycles. The Morgan fingerprint density at radius 1 is 1.00 bits per heavy atom. The van der Waals surface area contributed by atoms with Crippen molar-refractivity contribution in [3.05, 3.63) is 87.1 Å². The molecule has 0 bridgehead atoms. The maximum atomic E-state index is 12.7. The fourth-order valence-electron chi connectivity index (χ4n) is 2.83. The average molecular weight is 349 g/mol. The third kappa shape index (κ3) is 3.67. The van der Waals surface area contributed by atoms with Gasteiger partial charge in [-0.3, -0.25) is 9.59 Å². The first-order valence-corrected chi connectivity index (χ1v) is 8.65. The van der Waals surface area contributed by atoms with E-state index < -0.39 is 0 Å². The maximum absolute atomic E-state index is 12.7. The molecule has 2 aromatic heterocycles. The molecule has 0 radical (unpaired) electrons. The largest absolute Gasteiger partial charge is 0.355 e. The lowest BCUT2D eigenvalue weighted by atomic mass is 9.86. The second-order valence-corrected chi connectivity index (χ2v) is 7.55. The summed E-state index contributed by atoms with van der Waals surface area (Å²) in [6, 6.07) is 14.6. The van der Waals surface area contributed by atoms with Crippen molar-refractivity contribution < 1.29 is 4.79 Å². The van der Waals surface area contributed by atoms with Gasteiger partial charge in [0.05, 0.1) is 11.4 Å². The fourth-order valence-corrected chi connectivity index (χ4v) is 2.83. The molecule has 0 aliphatic heterocycles. The van der Waals surface area contributed by atoms with Crippen LogP contribution in [0.5, 0.6) is 0 Å². The zero-order valence-corrected chi connectivity index (χ0v) is 15.5. The van der Waals surface area contributed by atoms with Crippen molar-refractivity contribution in [3.8, 4) is 0 Å². The molecule has 2 N–H and O–H groups in total. The van der Waals surface area contributed by atoms with E-state index in [0.717, 1.165) is 11.4 Å². The topological polar surface area (TPSA) is 78.6 Å². The summed E-state index contributed by atoms with van der Waals surface area (Å²) in [6.07, 6.45) is 0. The predicted molar refractivity (Wildman–Crippen MR) is 102 cm³/mol. The van der Waals surface area contributed by atoms with Crippen LogP contribution in [0.15, 0.2) is 53.3 Å². The predicted octanol–water partition coefficient (Wildman–Crippen LogP) is 3.78. The van der Waals surface area contributed by atoms with Gasteiger partial charge in [-0.1, -0.05) is 52.0 Å². The lowest BCUT2D eigenvalue weighted by Crippen LogP contribution is -2.11. The standard InChI is InChI=1S/C21H23N3O2/c1-13(17-11-12-19(25)24-23-17)16-9-10-18(22-16)20(26)14-5-7-15(8-6-14)21(2,3)4/h5-13,22H,1-4H3,(H,24,25). The van der Waals surface area contributed by atoms with E-state index in [1.54, 1.807) is 12.1 Å². The zero-order valence-electron chi connectivity index (χ0n) is 15.5. The molecule has 0 aliphatic rings. The van der Waals surface area contributed by atoms with E-state index in [4.69, 9.17) is 0 Å². The number of carbonyl (C=O) groups excluding carboxylic acids is 1. The fraction of sp³-hybridized carbons (Fsp3) is 0.286. The molecule has 3 rings (SSSR count). The molecule has 1 aromatic carbocycles. The maximum Gasteiger partial charge on any atom is 0.264 e. The molecule has 0 saturated carbocycles. The number of ketones is 1. The first kappa shape index (κ1) is 17.9. The minimum absolute atomic E-state index is 0.0432. The van der Waals surface area contributed by atoms with Crippen LogP contribution in [-0.2, 0) is 5.41 Å². The summed E-state index contributed by atoms with van der Waals surface area (Å²) < 4.78 is 0. The molecular formula is C21H23N3O2. The number of nitrogens with one attached hydrogen (secondary N) is 2. The molecule has 26 heavy (non-hydrogen) atoms. The molecule has 3 aromatic rings. The third-order valence-corrected chi connectivity index (χ3v) is 4.58. The minimum Gasteiger partial charge on any atom is -0.355 e. The molecule has 1 unspecified atom stereocenters. The van der Waals surface area contributed by atoms with Gasteiger partial charge in [-0.05, 0) is 29.2 Å². The lowest BCUT2D eigenvalue weighted by Gasteiger charge is -2.18. The summed E-state index contributed by atoms with van der Waals surface area (Å²) in [5.74, 6) is -0.102. The van der Waals surface area contributed by atoms with Crippen molar-refractivity contribution in [2.24, 2.45) is 0 Å². The van der Waals surface area contributed by atoms with Crippen LogP contribution in [0, 0.1) is 0 Å². The molecule has 134 valence electrons. The Morgan fingerprint density at radius 2 is 1.69 bits per heavy atom. The van der Waals surface area contributed by atoms with Crippen LogP contribution >= 0.6 is 0 Å². The van der Waals surface area contributed by atoms with Crippen LogP contribution < -0.4 is 5.56 Å². The smallest absolute Gasteiger partial charge is 0.264 e. The Kier molecular flexibility index (Phi) is 4.64. The molecule has 0 aliphatic carbocycles. The SMILES string of the molecule is CC(c1ccc(=O)[nH]n1)c1ccc(C(=O)c2ccc(C(C)(C)C)cc2)[nH]1. The van der Waals surface area contributed by atoms with E-state index in [1.807, 2.05) is 37.3 Å². The van der Waals surface area contributed by atoms with Crippen molar-refractivity contribution in [2.75, 3.05) is 0 Å². The van der Waals surface area contributed by atoms with Gasteiger partial charge in [0.25, 0.3) is 5.56 Å². The molecular weight excluding hydrogens is 326 g/mol. The highest BCUT2D eigenvalue weighted by molar-refractivity contribution is 6.07. The van der Waals surface area contributed by atoms with Gasteiger partial charge in [0.15, 0.2) is 0 Å². The lowest BCUT2D eigenvalue weighted by molar-refractivity contribution is 0.103. The van der Waals surface area contributed by atoms with Crippen LogP contribution in [-0.4, -0.2) is 21.0 Å². The molecule has 0 spiro atoms. The van der Waals surface area contributed by atoms with Crippen LogP contribution in [0.2, 0.25) is 0 Å². The Balaban J connectivity index is 1.81. The van der Waals surface area contributed by atoms with E-state index >= 15 is 0 Å². The molecule has 5 nitrogen and oxygen atoms in total. The van der Waals surface area contributed by atoms with Gasteiger partial charge in [-0.15, -0.1) is 0 Å². The average Bonchev–Trinajstić information content (AvgIpc) is 3.10. The Bertz CT molecular complexity index is 955. The van der Waals surface area contributed by atoms with Crippen molar-refractivity contribution in [1.82, 2.24) is 15.2 Å². The third-order valence-electron chi connectivity index (χ3n) is 4.58. The number of carbonyl (C=O) groups is 1. The highest BCUT2D eigenvalue weighted by Crippen LogP contribution is 2.24. The minimum atomic E-state index is -0.234. The molecule has 0 fully saturated rings. The summed E-state index contributed by atoms with van der Waals surface area (Å²) in [5, 5.41) is 6.49. The second kappa shape index (κ2) is 6.75. The van der Waals surface area contributed by atoms with E-state index in [0.29, 0.717) is 11.3 Å². The number of nitrogens with zero attached hydrogens (tertiary/aromatic N) is 1. The van der Waals surface area contributed by atoms with Crippen molar-refractivity contribution >= 4 is 5.78 Å². The number of hydrogen-bond acceptors (Lipinski definition) is 3. The van der Waals surface area contributed by atoms with E-state index in [-0.39, 0.29) is 22.7 Å². The number of rotatable bonds is 4. The highest BCUT2D eigenvalue weighted by atomic mass is 16.1. The Hall–Kier alpha value is -2.95. The van der Waals surface area contributed by atoms with E-state index in [9.17, 15) is 9.59 Å². The molecule has 5 heteroatoms. The Morgan fingerprint density at radius 3 is 2.27 bits per heavy atom. The first-order chi connectivity index (χ1) is 12.3. The quantitative estimate of drug-likeness (QED) is 0.704. The number of benzene rings is 1. The van der Waals surface area contributed by atoms with Crippen LogP contribution in [0.3, 0.4) is 0 Å². The van der Waals surface area contributed by atoms with Crippen molar-refractivity contribution in [2.45, 2.75) is 39.0 Å². The summed E-state index contributed by atoms with van der Waals surface area (Å²) in [5.41, 5.74) is 3.82. The number of aromatic amines is 2. The van der Waals surface area contributed by atoms with Crippen LogP contribution in [0.25, 0.3) is 0 Å². The summed E-state index contributed by atoms with van der Waals surface area (Å²) in [7, 11) is 0. The molecule has 0 amide bonds. The summed E-state index contributed by atoms with van der Waals surface area (Å²) in [4.78, 5) is 27.1. The van der Waals surface area contributed by atoms with Gasteiger partial charge in [-0.25, -0.2) is 5.10 Å². The summed E-state index contributed by atoms with van der Waals surface area (Å²) in [6.45, 7) is 8.41. The monoisotopic (exact) mass is 349 g/mol.